The second kappa shape index (κ2) is 11.1. The van der Waals surface area contributed by atoms with Gasteiger partial charge in [-0.3, -0.25) is 19.2 Å². The first kappa shape index (κ1) is 24.4. The molecule has 0 saturated carbocycles. The molecule has 2 fully saturated rings. The standard InChI is InChI=1S/C26H29FN4O4/c27-22-9-2-1-8-21(22)26(35)30-14-11-18(12-15-30)17-28-24(33)25(34)29-19-6-5-7-20(16-19)31-13-4-3-10-23(31)32/h1-2,5-9,16,18H,3-4,10-15,17H2,(H,28,33)(H,29,34). The van der Waals surface area contributed by atoms with Crippen LogP contribution in [0.5, 0.6) is 0 Å². The third kappa shape index (κ3) is 6.03. The van der Waals surface area contributed by atoms with E-state index >= 15 is 0 Å². The number of carbonyl (C=O) groups is 4. The zero-order valence-corrected chi connectivity index (χ0v) is 19.5. The van der Waals surface area contributed by atoms with Crippen LogP contribution in [0.15, 0.2) is 48.5 Å². The lowest BCUT2D eigenvalue weighted by Crippen LogP contribution is -2.43. The smallest absolute Gasteiger partial charge is 0.313 e. The van der Waals surface area contributed by atoms with Crippen molar-refractivity contribution in [3.63, 3.8) is 0 Å². The summed E-state index contributed by atoms with van der Waals surface area (Å²) >= 11 is 0. The summed E-state index contributed by atoms with van der Waals surface area (Å²) in [4.78, 5) is 52.7. The average molecular weight is 481 g/mol. The van der Waals surface area contributed by atoms with Crippen LogP contribution in [0.2, 0.25) is 0 Å². The van der Waals surface area contributed by atoms with Crippen LogP contribution >= 0.6 is 0 Å². The van der Waals surface area contributed by atoms with Crippen LogP contribution in [0.4, 0.5) is 15.8 Å². The molecule has 0 unspecified atom stereocenters. The van der Waals surface area contributed by atoms with Gasteiger partial charge in [-0.2, -0.15) is 0 Å². The maximum atomic E-state index is 13.9. The Morgan fingerprint density at radius 3 is 2.46 bits per heavy atom. The second-order valence-corrected chi connectivity index (χ2v) is 8.93. The lowest BCUT2D eigenvalue weighted by molar-refractivity contribution is -0.136. The van der Waals surface area contributed by atoms with Crippen molar-refractivity contribution >= 4 is 35.0 Å². The van der Waals surface area contributed by atoms with E-state index in [1.807, 2.05) is 6.07 Å². The molecule has 0 radical (unpaired) electrons. The third-order valence-corrected chi connectivity index (χ3v) is 6.50. The molecule has 2 N–H and O–H groups in total. The van der Waals surface area contributed by atoms with E-state index < -0.39 is 17.6 Å². The van der Waals surface area contributed by atoms with Crippen molar-refractivity contribution in [2.24, 2.45) is 5.92 Å². The number of halogens is 1. The maximum Gasteiger partial charge on any atom is 0.313 e. The summed E-state index contributed by atoms with van der Waals surface area (Å²) in [6.07, 6.45) is 3.62. The van der Waals surface area contributed by atoms with Gasteiger partial charge in [0.2, 0.25) is 5.91 Å². The highest BCUT2D eigenvalue weighted by Crippen LogP contribution is 2.24. The van der Waals surface area contributed by atoms with Crippen molar-refractivity contribution in [3.05, 3.63) is 59.9 Å². The second-order valence-electron chi connectivity index (χ2n) is 8.93. The van der Waals surface area contributed by atoms with E-state index in [0.29, 0.717) is 56.8 Å². The first-order valence-corrected chi connectivity index (χ1v) is 12.0. The van der Waals surface area contributed by atoms with Gasteiger partial charge >= 0.3 is 11.8 Å². The number of likely N-dealkylation sites (tertiary alicyclic amines) is 1. The Balaban J connectivity index is 1.23. The van der Waals surface area contributed by atoms with Crippen LogP contribution in [0.1, 0.15) is 42.5 Å². The number of piperidine rings is 2. The van der Waals surface area contributed by atoms with Crippen LogP contribution in [-0.2, 0) is 14.4 Å². The minimum Gasteiger partial charge on any atom is -0.348 e. The first-order valence-electron chi connectivity index (χ1n) is 12.0. The van der Waals surface area contributed by atoms with Crippen LogP contribution < -0.4 is 15.5 Å². The molecule has 184 valence electrons. The zero-order chi connectivity index (χ0) is 24.8. The quantitative estimate of drug-likeness (QED) is 0.643. The topological polar surface area (TPSA) is 98.8 Å². The summed E-state index contributed by atoms with van der Waals surface area (Å²) in [5, 5.41) is 5.26. The van der Waals surface area contributed by atoms with E-state index in [0.717, 1.165) is 12.8 Å². The van der Waals surface area contributed by atoms with Crippen molar-refractivity contribution in [1.82, 2.24) is 10.2 Å². The predicted molar refractivity (Wildman–Crippen MR) is 129 cm³/mol. The van der Waals surface area contributed by atoms with Crippen molar-refractivity contribution in [2.45, 2.75) is 32.1 Å². The van der Waals surface area contributed by atoms with Crippen molar-refractivity contribution in [3.8, 4) is 0 Å². The Morgan fingerprint density at radius 1 is 0.943 bits per heavy atom. The molecule has 4 amide bonds. The first-order chi connectivity index (χ1) is 16.9. The van der Waals surface area contributed by atoms with E-state index in [1.54, 1.807) is 40.1 Å². The molecule has 35 heavy (non-hydrogen) atoms. The summed E-state index contributed by atoms with van der Waals surface area (Å²) in [6, 6.07) is 12.8. The molecular formula is C26H29FN4O4. The lowest BCUT2D eigenvalue weighted by Gasteiger charge is -2.32. The van der Waals surface area contributed by atoms with Gasteiger partial charge < -0.3 is 20.4 Å². The minimum absolute atomic E-state index is 0.0547. The van der Waals surface area contributed by atoms with Gasteiger partial charge in [0.1, 0.15) is 5.82 Å². The molecule has 8 nitrogen and oxygen atoms in total. The summed E-state index contributed by atoms with van der Waals surface area (Å²) in [5.74, 6) is -2.22. The zero-order valence-electron chi connectivity index (χ0n) is 19.5. The Morgan fingerprint density at radius 2 is 1.71 bits per heavy atom. The predicted octanol–water partition coefficient (Wildman–Crippen LogP) is 2.95. The molecule has 4 rings (SSSR count). The summed E-state index contributed by atoms with van der Waals surface area (Å²) in [5.41, 5.74) is 1.20. The highest BCUT2D eigenvalue weighted by Gasteiger charge is 2.26. The van der Waals surface area contributed by atoms with Gasteiger partial charge in [0.25, 0.3) is 5.91 Å². The molecule has 2 aliphatic heterocycles. The van der Waals surface area contributed by atoms with Gasteiger partial charge in [-0.25, -0.2) is 4.39 Å². The molecule has 0 spiro atoms. The number of anilines is 2. The summed E-state index contributed by atoms with van der Waals surface area (Å²) in [7, 11) is 0. The van der Waals surface area contributed by atoms with Gasteiger partial charge in [-0.05, 0) is 61.9 Å². The molecule has 2 aliphatic rings. The average Bonchev–Trinajstić information content (AvgIpc) is 2.88. The van der Waals surface area contributed by atoms with E-state index in [-0.39, 0.29) is 23.3 Å². The number of nitrogens with one attached hydrogen (secondary N) is 2. The molecule has 9 heteroatoms. The van der Waals surface area contributed by atoms with Crippen LogP contribution in [0.25, 0.3) is 0 Å². The van der Waals surface area contributed by atoms with Crippen molar-refractivity contribution in [2.75, 3.05) is 36.4 Å². The Kier molecular flexibility index (Phi) is 7.74. The Labute approximate surface area is 203 Å². The minimum atomic E-state index is -0.778. The number of amides is 4. The number of benzene rings is 2. The van der Waals surface area contributed by atoms with Crippen LogP contribution in [0, 0.1) is 11.7 Å². The van der Waals surface area contributed by atoms with Crippen LogP contribution in [0.3, 0.4) is 0 Å². The van der Waals surface area contributed by atoms with Gasteiger partial charge in [-0.15, -0.1) is 0 Å². The van der Waals surface area contributed by atoms with Gasteiger partial charge in [0, 0.05) is 44.0 Å². The molecule has 0 aliphatic carbocycles. The molecule has 0 atom stereocenters. The summed E-state index contributed by atoms with van der Waals surface area (Å²) < 4.78 is 13.9. The number of hydrogen-bond acceptors (Lipinski definition) is 4. The molecule has 0 bridgehead atoms. The Hall–Kier alpha value is -3.75. The number of carbonyl (C=O) groups excluding carboxylic acids is 4. The van der Waals surface area contributed by atoms with E-state index in [9.17, 15) is 23.6 Å². The van der Waals surface area contributed by atoms with Crippen LogP contribution in [-0.4, -0.2) is 54.7 Å². The fraction of sp³-hybridized carbons (Fsp3) is 0.385. The lowest BCUT2D eigenvalue weighted by atomic mass is 9.96. The number of nitrogens with zero attached hydrogens (tertiary/aromatic N) is 2. The van der Waals surface area contributed by atoms with Crippen molar-refractivity contribution < 1.29 is 23.6 Å². The molecule has 2 aromatic rings. The molecule has 0 aromatic heterocycles. The SMILES string of the molecule is O=C(NCC1CCN(C(=O)c2ccccc2F)CC1)C(=O)Nc1cccc(N2CCCCC2=O)c1. The third-order valence-electron chi connectivity index (χ3n) is 6.50. The monoisotopic (exact) mass is 480 g/mol. The van der Waals surface area contributed by atoms with E-state index in [1.165, 1.54) is 12.1 Å². The normalized spacial score (nSPS) is 16.7. The number of rotatable bonds is 5. The molecule has 2 aromatic carbocycles. The van der Waals surface area contributed by atoms with Gasteiger partial charge in [0.05, 0.1) is 5.56 Å². The Bertz CT molecular complexity index is 1110. The maximum absolute atomic E-state index is 13.9. The fourth-order valence-corrected chi connectivity index (χ4v) is 4.48. The molecule has 2 saturated heterocycles. The highest BCUT2D eigenvalue weighted by atomic mass is 19.1. The summed E-state index contributed by atoms with van der Waals surface area (Å²) in [6.45, 7) is 1.88. The van der Waals surface area contributed by atoms with Gasteiger partial charge in [0.15, 0.2) is 0 Å². The van der Waals surface area contributed by atoms with Crippen molar-refractivity contribution in [1.29, 1.82) is 0 Å². The van der Waals surface area contributed by atoms with E-state index in [4.69, 9.17) is 0 Å². The number of hydrogen-bond donors (Lipinski definition) is 2. The largest absolute Gasteiger partial charge is 0.348 e. The highest BCUT2D eigenvalue weighted by molar-refractivity contribution is 6.39. The fourth-order valence-electron chi connectivity index (χ4n) is 4.48. The molecule has 2 heterocycles. The van der Waals surface area contributed by atoms with Gasteiger partial charge in [-0.1, -0.05) is 18.2 Å². The molecular weight excluding hydrogens is 451 g/mol. The van der Waals surface area contributed by atoms with E-state index in [2.05, 4.69) is 10.6 Å².